The van der Waals surface area contributed by atoms with Crippen LogP contribution in [0.15, 0.2) is 0 Å². The van der Waals surface area contributed by atoms with Gasteiger partial charge in [0.15, 0.2) is 0 Å². The lowest BCUT2D eigenvalue weighted by molar-refractivity contribution is -0.146. The van der Waals surface area contributed by atoms with Crippen molar-refractivity contribution in [1.29, 1.82) is 0 Å². The lowest BCUT2D eigenvalue weighted by Crippen LogP contribution is -2.56. The van der Waals surface area contributed by atoms with Gasteiger partial charge in [0.05, 0.1) is 5.25 Å². The van der Waals surface area contributed by atoms with E-state index in [1.165, 1.54) is 0 Å². The smallest absolute Gasteiger partial charge is 0.330 e. The Morgan fingerprint density at radius 3 is 2.65 bits per heavy atom. The van der Waals surface area contributed by atoms with Crippen LogP contribution in [0.3, 0.4) is 0 Å². The van der Waals surface area contributed by atoms with E-state index in [-0.39, 0.29) is 11.2 Å². The third-order valence-corrected chi connectivity index (χ3v) is 5.83. The Hall–Kier alpha value is -0.360. The minimum absolute atomic E-state index is 0.0504. The first-order chi connectivity index (χ1) is 8.14. The maximum atomic E-state index is 12.1. The monoisotopic (exact) mass is 275 g/mol. The van der Waals surface area contributed by atoms with E-state index in [9.17, 15) is 14.7 Å². The lowest BCUT2D eigenvalue weighted by Gasteiger charge is -2.28. The molecule has 2 heterocycles. The Bertz CT molecular complexity index is 310. The normalized spacial score (nSPS) is 33.3. The zero-order valence-corrected chi connectivity index (χ0v) is 11.2. The van der Waals surface area contributed by atoms with Gasteiger partial charge in [0, 0.05) is 5.75 Å². The molecule has 2 aliphatic heterocycles. The Morgan fingerprint density at radius 2 is 2.12 bits per heavy atom. The summed E-state index contributed by atoms with van der Waals surface area (Å²) >= 11 is 3.25. The van der Waals surface area contributed by atoms with Gasteiger partial charge in [-0.1, -0.05) is 6.42 Å². The highest BCUT2D eigenvalue weighted by Gasteiger charge is 2.44. The third-order valence-electron chi connectivity index (χ3n) is 3.27. The molecule has 2 unspecified atom stereocenters. The summed E-state index contributed by atoms with van der Waals surface area (Å²) in [6.45, 7) is 0. The Balaban J connectivity index is 1.98. The topological polar surface area (TPSA) is 66.4 Å². The fraction of sp³-hybridized carbons (Fsp3) is 0.818. The summed E-state index contributed by atoms with van der Waals surface area (Å²) in [5.41, 5.74) is -1.01. The van der Waals surface area contributed by atoms with Crippen molar-refractivity contribution in [3.63, 3.8) is 0 Å². The van der Waals surface area contributed by atoms with E-state index in [4.69, 9.17) is 0 Å². The molecule has 0 bridgehead atoms. The summed E-state index contributed by atoms with van der Waals surface area (Å²) in [5, 5.41) is 12.0. The second-order valence-electron chi connectivity index (χ2n) is 4.53. The van der Waals surface area contributed by atoms with Gasteiger partial charge in [0.1, 0.15) is 5.54 Å². The number of thioether (sulfide) groups is 2. The van der Waals surface area contributed by atoms with E-state index in [1.807, 2.05) is 0 Å². The van der Waals surface area contributed by atoms with Crippen molar-refractivity contribution in [2.24, 2.45) is 0 Å². The van der Waals surface area contributed by atoms with Gasteiger partial charge < -0.3 is 10.4 Å². The quantitative estimate of drug-likeness (QED) is 0.814. The summed E-state index contributed by atoms with van der Waals surface area (Å²) in [6.07, 6.45) is 3.64. The molecule has 6 heteroatoms. The largest absolute Gasteiger partial charge is 0.479 e. The average Bonchev–Trinajstić information content (AvgIpc) is 2.80. The van der Waals surface area contributed by atoms with Crippen LogP contribution < -0.4 is 5.32 Å². The van der Waals surface area contributed by atoms with E-state index in [0.717, 1.165) is 30.8 Å². The number of hydrogen-bond donors (Lipinski definition) is 2. The molecule has 17 heavy (non-hydrogen) atoms. The van der Waals surface area contributed by atoms with Crippen molar-refractivity contribution in [1.82, 2.24) is 5.32 Å². The minimum Gasteiger partial charge on any atom is -0.479 e. The summed E-state index contributed by atoms with van der Waals surface area (Å²) in [7, 11) is 0. The van der Waals surface area contributed by atoms with Crippen LogP contribution in [0.4, 0.5) is 0 Å². The summed E-state index contributed by atoms with van der Waals surface area (Å²) < 4.78 is 0. The minimum atomic E-state index is -1.01. The molecule has 0 aliphatic carbocycles. The molecule has 2 aliphatic rings. The van der Waals surface area contributed by atoms with Gasteiger partial charge in [-0.25, -0.2) is 4.79 Å². The molecule has 2 saturated heterocycles. The van der Waals surface area contributed by atoms with Crippen LogP contribution in [-0.2, 0) is 9.59 Å². The number of carbonyl (C=O) groups excluding carboxylic acids is 1. The van der Waals surface area contributed by atoms with Crippen molar-refractivity contribution < 1.29 is 14.7 Å². The number of hydrogen-bond acceptors (Lipinski definition) is 4. The highest BCUT2D eigenvalue weighted by Crippen LogP contribution is 2.30. The Labute approximate surface area is 109 Å². The van der Waals surface area contributed by atoms with Crippen molar-refractivity contribution in [3.05, 3.63) is 0 Å². The molecule has 2 atom stereocenters. The zero-order valence-electron chi connectivity index (χ0n) is 9.61. The van der Waals surface area contributed by atoms with Crippen molar-refractivity contribution in [2.75, 3.05) is 17.3 Å². The molecule has 2 rings (SSSR count). The SMILES string of the molecule is O=C(NC1(C(=O)O)CCSC1)C1CCCCS1. The summed E-state index contributed by atoms with van der Waals surface area (Å²) in [6, 6.07) is 0. The predicted molar refractivity (Wildman–Crippen MR) is 70.5 cm³/mol. The molecule has 2 N–H and O–H groups in total. The molecule has 2 fully saturated rings. The first kappa shape index (κ1) is 13.1. The Kier molecular flexibility index (Phi) is 4.25. The van der Waals surface area contributed by atoms with E-state index in [2.05, 4.69) is 5.32 Å². The van der Waals surface area contributed by atoms with E-state index in [0.29, 0.717) is 12.2 Å². The first-order valence-corrected chi connectivity index (χ1v) is 8.09. The van der Waals surface area contributed by atoms with Gasteiger partial charge in [-0.05, 0) is 30.8 Å². The van der Waals surface area contributed by atoms with E-state index < -0.39 is 11.5 Å². The maximum Gasteiger partial charge on any atom is 0.330 e. The van der Waals surface area contributed by atoms with Gasteiger partial charge in [-0.15, -0.1) is 11.8 Å². The number of carboxylic acids is 1. The maximum absolute atomic E-state index is 12.1. The van der Waals surface area contributed by atoms with Gasteiger partial charge in [-0.3, -0.25) is 4.79 Å². The molecule has 1 amide bonds. The standard InChI is InChI=1S/C11H17NO3S2/c13-9(8-3-1-2-5-17-8)12-11(10(14)15)4-6-16-7-11/h8H,1-7H2,(H,12,13)(H,14,15). The molecular formula is C11H17NO3S2. The fourth-order valence-corrected chi connectivity index (χ4v) is 4.67. The van der Waals surface area contributed by atoms with Crippen molar-refractivity contribution in [3.8, 4) is 0 Å². The van der Waals surface area contributed by atoms with Gasteiger partial charge in [0.2, 0.25) is 5.91 Å². The first-order valence-electron chi connectivity index (χ1n) is 5.89. The molecular weight excluding hydrogens is 258 g/mol. The second-order valence-corrected chi connectivity index (χ2v) is 6.95. The third kappa shape index (κ3) is 2.91. The van der Waals surface area contributed by atoms with Gasteiger partial charge in [0.25, 0.3) is 0 Å². The molecule has 96 valence electrons. The number of amides is 1. The van der Waals surface area contributed by atoms with Gasteiger partial charge in [-0.2, -0.15) is 11.8 Å². The summed E-state index contributed by atoms with van der Waals surface area (Å²) in [4.78, 5) is 23.4. The van der Waals surface area contributed by atoms with Crippen LogP contribution in [0.1, 0.15) is 25.7 Å². The molecule has 0 radical (unpaired) electrons. The lowest BCUT2D eigenvalue weighted by atomic mass is 9.98. The van der Waals surface area contributed by atoms with E-state index >= 15 is 0 Å². The zero-order chi connectivity index (χ0) is 12.3. The van der Waals surface area contributed by atoms with Crippen LogP contribution in [0.2, 0.25) is 0 Å². The highest BCUT2D eigenvalue weighted by atomic mass is 32.2. The fourth-order valence-electron chi connectivity index (χ4n) is 2.15. The number of carbonyl (C=O) groups is 2. The predicted octanol–water partition coefficient (Wildman–Crippen LogP) is 1.35. The van der Waals surface area contributed by atoms with Crippen molar-refractivity contribution >= 4 is 35.4 Å². The molecule has 0 aromatic rings. The van der Waals surface area contributed by atoms with Crippen LogP contribution in [-0.4, -0.2) is 45.0 Å². The number of rotatable bonds is 3. The van der Waals surface area contributed by atoms with Crippen LogP contribution in [0, 0.1) is 0 Å². The van der Waals surface area contributed by atoms with Crippen LogP contribution in [0.25, 0.3) is 0 Å². The molecule has 0 spiro atoms. The molecule has 0 aromatic heterocycles. The second kappa shape index (κ2) is 5.52. The number of carboxylic acid groups (broad SMARTS) is 1. The van der Waals surface area contributed by atoms with Crippen LogP contribution >= 0.6 is 23.5 Å². The number of nitrogens with one attached hydrogen (secondary N) is 1. The summed E-state index contributed by atoms with van der Waals surface area (Å²) in [5.74, 6) is 1.33. The van der Waals surface area contributed by atoms with E-state index in [1.54, 1.807) is 23.5 Å². The average molecular weight is 275 g/mol. The van der Waals surface area contributed by atoms with Crippen LogP contribution in [0.5, 0.6) is 0 Å². The highest BCUT2D eigenvalue weighted by molar-refractivity contribution is 8.00. The Morgan fingerprint density at radius 1 is 1.29 bits per heavy atom. The molecule has 0 aromatic carbocycles. The molecule has 0 saturated carbocycles. The van der Waals surface area contributed by atoms with Gasteiger partial charge >= 0.3 is 5.97 Å². The van der Waals surface area contributed by atoms with Crippen molar-refractivity contribution in [2.45, 2.75) is 36.5 Å². The molecule has 4 nitrogen and oxygen atoms in total. The number of aliphatic carboxylic acids is 1.